The molecule has 19 heavy (non-hydrogen) atoms. The Morgan fingerprint density at radius 3 is 2.37 bits per heavy atom. The predicted octanol–water partition coefficient (Wildman–Crippen LogP) is 3.19. The van der Waals surface area contributed by atoms with E-state index in [-0.39, 0.29) is 18.3 Å². The van der Waals surface area contributed by atoms with Crippen LogP contribution in [-0.4, -0.2) is 10.5 Å². The lowest BCUT2D eigenvalue weighted by Crippen LogP contribution is -2.19. The van der Waals surface area contributed by atoms with Gasteiger partial charge in [-0.1, -0.05) is 0 Å². The van der Waals surface area contributed by atoms with Gasteiger partial charge in [-0.05, 0) is 56.2 Å². The standard InChI is InChI=1S/C15H17FN2O/c1-10-8-18(12(3)11(10)2)9-15(19)17-14-6-4-13(16)5-7-14/h4-8H,9H2,1-3H3,(H,17,19). The lowest BCUT2D eigenvalue weighted by atomic mass is 10.2. The second-order valence-corrected chi connectivity index (χ2v) is 4.71. The molecule has 0 saturated heterocycles. The summed E-state index contributed by atoms with van der Waals surface area (Å²) in [5.74, 6) is -0.435. The molecule has 0 unspecified atom stereocenters. The summed E-state index contributed by atoms with van der Waals surface area (Å²) in [6.07, 6.45) is 1.97. The highest BCUT2D eigenvalue weighted by Crippen LogP contribution is 2.15. The van der Waals surface area contributed by atoms with Gasteiger partial charge in [0, 0.05) is 17.6 Å². The molecule has 1 heterocycles. The van der Waals surface area contributed by atoms with E-state index in [9.17, 15) is 9.18 Å². The molecule has 0 spiro atoms. The van der Waals surface area contributed by atoms with Crippen LogP contribution in [0.4, 0.5) is 10.1 Å². The molecule has 0 atom stereocenters. The van der Waals surface area contributed by atoms with Gasteiger partial charge >= 0.3 is 0 Å². The van der Waals surface area contributed by atoms with E-state index in [0.29, 0.717) is 5.69 Å². The number of nitrogens with one attached hydrogen (secondary N) is 1. The summed E-state index contributed by atoms with van der Waals surface area (Å²) in [6.45, 7) is 6.32. The SMILES string of the molecule is Cc1cn(CC(=O)Nc2ccc(F)cc2)c(C)c1C. The number of hydrogen-bond donors (Lipinski definition) is 1. The number of carbonyl (C=O) groups is 1. The summed E-state index contributed by atoms with van der Waals surface area (Å²) in [5, 5.41) is 2.75. The third-order valence-electron chi connectivity index (χ3n) is 3.36. The van der Waals surface area contributed by atoms with Gasteiger partial charge in [-0.3, -0.25) is 4.79 Å². The van der Waals surface area contributed by atoms with Gasteiger partial charge in [0.15, 0.2) is 0 Å². The van der Waals surface area contributed by atoms with Crippen LogP contribution in [0.1, 0.15) is 16.8 Å². The molecular weight excluding hydrogens is 243 g/mol. The predicted molar refractivity (Wildman–Crippen MR) is 73.7 cm³/mol. The minimum Gasteiger partial charge on any atom is -0.342 e. The normalized spacial score (nSPS) is 10.5. The maximum Gasteiger partial charge on any atom is 0.244 e. The number of carbonyl (C=O) groups excluding carboxylic acids is 1. The second kappa shape index (κ2) is 5.26. The first kappa shape index (κ1) is 13.3. The van der Waals surface area contributed by atoms with Crippen molar-refractivity contribution in [1.29, 1.82) is 0 Å². The molecule has 1 aromatic heterocycles. The molecule has 0 aliphatic heterocycles. The van der Waals surface area contributed by atoms with Crippen molar-refractivity contribution in [3.8, 4) is 0 Å². The summed E-state index contributed by atoms with van der Waals surface area (Å²) < 4.78 is 14.7. The number of halogens is 1. The average Bonchev–Trinajstić information content (AvgIpc) is 2.60. The van der Waals surface area contributed by atoms with Crippen LogP contribution >= 0.6 is 0 Å². The molecule has 0 bridgehead atoms. The summed E-state index contributed by atoms with van der Waals surface area (Å²) in [5.41, 5.74) is 4.07. The Bertz CT molecular complexity index is 599. The first-order chi connectivity index (χ1) is 8.97. The molecule has 4 heteroatoms. The number of hydrogen-bond acceptors (Lipinski definition) is 1. The van der Waals surface area contributed by atoms with E-state index in [1.54, 1.807) is 12.1 Å². The van der Waals surface area contributed by atoms with E-state index in [0.717, 1.165) is 5.69 Å². The molecule has 0 aliphatic carbocycles. The smallest absolute Gasteiger partial charge is 0.244 e. The summed E-state index contributed by atoms with van der Waals surface area (Å²) in [4.78, 5) is 11.9. The minimum absolute atomic E-state index is 0.121. The molecule has 0 saturated carbocycles. The summed E-state index contributed by atoms with van der Waals surface area (Å²) in [6, 6.07) is 5.74. The van der Waals surface area contributed by atoms with Gasteiger partial charge in [-0.25, -0.2) is 4.39 Å². The van der Waals surface area contributed by atoms with Crippen molar-refractivity contribution in [2.75, 3.05) is 5.32 Å². The zero-order valence-electron chi connectivity index (χ0n) is 11.3. The van der Waals surface area contributed by atoms with Crippen LogP contribution in [0.2, 0.25) is 0 Å². The maximum absolute atomic E-state index is 12.8. The molecule has 3 nitrogen and oxygen atoms in total. The summed E-state index contributed by atoms with van der Waals surface area (Å²) in [7, 11) is 0. The Balaban J connectivity index is 2.05. The quantitative estimate of drug-likeness (QED) is 0.903. The van der Waals surface area contributed by atoms with E-state index < -0.39 is 0 Å². The van der Waals surface area contributed by atoms with Gasteiger partial charge in [0.1, 0.15) is 12.4 Å². The van der Waals surface area contributed by atoms with Gasteiger partial charge < -0.3 is 9.88 Å². The molecule has 1 N–H and O–H groups in total. The molecule has 100 valence electrons. The maximum atomic E-state index is 12.8. The van der Waals surface area contributed by atoms with Crippen molar-refractivity contribution in [2.45, 2.75) is 27.3 Å². The largest absolute Gasteiger partial charge is 0.342 e. The molecule has 1 amide bonds. The van der Waals surface area contributed by atoms with Crippen LogP contribution < -0.4 is 5.32 Å². The van der Waals surface area contributed by atoms with Gasteiger partial charge in [-0.15, -0.1) is 0 Å². The molecule has 0 radical (unpaired) electrons. The van der Waals surface area contributed by atoms with Crippen LogP contribution in [0.3, 0.4) is 0 Å². The topological polar surface area (TPSA) is 34.0 Å². The van der Waals surface area contributed by atoms with E-state index >= 15 is 0 Å². The fourth-order valence-corrected chi connectivity index (χ4v) is 1.98. The van der Waals surface area contributed by atoms with Crippen molar-refractivity contribution in [2.24, 2.45) is 0 Å². The highest BCUT2D eigenvalue weighted by Gasteiger charge is 2.09. The third-order valence-corrected chi connectivity index (χ3v) is 3.36. The van der Waals surface area contributed by atoms with Crippen molar-refractivity contribution in [3.05, 3.63) is 53.1 Å². The van der Waals surface area contributed by atoms with Crippen molar-refractivity contribution >= 4 is 11.6 Å². The number of nitrogens with zero attached hydrogens (tertiary/aromatic N) is 1. The van der Waals surface area contributed by atoms with Gasteiger partial charge in [0.25, 0.3) is 0 Å². The van der Waals surface area contributed by atoms with Crippen molar-refractivity contribution in [1.82, 2.24) is 4.57 Å². The van der Waals surface area contributed by atoms with Crippen LogP contribution in [0, 0.1) is 26.6 Å². The fraction of sp³-hybridized carbons (Fsp3) is 0.267. The first-order valence-electron chi connectivity index (χ1n) is 6.15. The van der Waals surface area contributed by atoms with Crippen LogP contribution in [-0.2, 0) is 11.3 Å². The minimum atomic E-state index is -0.314. The van der Waals surface area contributed by atoms with E-state index in [1.807, 2.05) is 31.5 Å². The molecule has 0 aliphatic rings. The van der Waals surface area contributed by atoms with Crippen LogP contribution in [0.15, 0.2) is 30.5 Å². The molecule has 2 aromatic rings. The number of aryl methyl sites for hydroxylation is 1. The Morgan fingerprint density at radius 1 is 1.21 bits per heavy atom. The number of amides is 1. The van der Waals surface area contributed by atoms with Gasteiger partial charge in [-0.2, -0.15) is 0 Å². The number of rotatable bonds is 3. The van der Waals surface area contributed by atoms with E-state index in [2.05, 4.69) is 5.32 Å². The van der Waals surface area contributed by atoms with Crippen LogP contribution in [0.5, 0.6) is 0 Å². The van der Waals surface area contributed by atoms with Gasteiger partial charge in [0.2, 0.25) is 5.91 Å². The zero-order chi connectivity index (χ0) is 14.0. The molecule has 1 aromatic carbocycles. The number of aromatic nitrogens is 1. The van der Waals surface area contributed by atoms with Crippen molar-refractivity contribution in [3.63, 3.8) is 0 Å². The van der Waals surface area contributed by atoms with E-state index in [4.69, 9.17) is 0 Å². The number of anilines is 1. The lowest BCUT2D eigenvalue weighted by Gasteiger charge is -2.08. The van der Waals surface area contributed by atoms with E-state index in [1.165, 1.54) is 23.3 Å². The highest BCUT2D eigenvalue weighted by molar-refractivity contribution is 5.90. The number of benzene rings is 1. The summed E-state index contributed by atoms with van der Waals surface area (Å²) >= 11 is 0. The first-order valence-corrected chi connectivity index (χ1v) is 6.15. The Kier molecular flexibility index (Phi) is 3.69. The Labute approximate surface area is 112 Å². The van der Waals surface area contributed by atoms with Crippen molar-refractivity contribution < 1.29 is 9.18 Å². The average molecular weight is 260 g/mol. The fourth-order valence-electron chi connectivity index (χ4n) is 1.98. The van der Waals surface area contributed by atoms with Crippen LogP contribution in [0.25, 0.3) is 0 Å². The second-order valence-electron chi connectivity index (χ2n) is 4.71. The third kappa shape index (κ3) is 3.02. The highest BCUT2D eigenvalue weighted by atomic mass is 19.1. The van der Waals surface area contributed by atoms with Gasteiger partial charge in [0.05, 0.1) is 0 Å². The molecular formula is C15H17FN2O. The lowest BCUT2D eigenvalue weighted by molar-refractivity contribution is -0.116. The monoisotopic (exact) mass is 260 g/mol. The Hall–Kier alpha value is -2.10. The molecule has 2 rings (SSSR count). The molecule has 0 fully saturated rings. The zero-order valence-corrected chi connectivity index (χ0v) is 11.3. The Morgan fingerprint density at radius 2 is 1.84 bits per heavy atom.